The van der Waals surface area contributed by atoms with Crippen LogP contribution in [-0.4, -0.2) is 25.0 Å². The molecule has 3 N–H and O–H groups in total. The predicted molar refractivity (Wildman–Crippen MR) is 89.7 cm³/mol. The van der Waals surface area contributed by atoms with Crippen LogP contribution < -0.4 is 20.9 Å². The van der Waals surface area contributed by atoms with E-state index in [2.05, 4.69) is 16.2 Å². The first-order chi connectivity index (χ1) is 11.6. The van der Waals surface area contributed by atoms with Crippen molar-refractivity contribution in [2.24, 2.45) is 0 Å². The predicted octanol–water partition coefficient (Wildman–Crippen LogP) is 1.82. The fourth-order valence-electron chi connectivity index (χ4n) is 2.52. The molecule has 1 heterocycles. The Balaban J connectivity index is 1.76. The molecule has 0 bridgehead atoms. The molecule has 0 aromatic heterocycles. The van der Waals surface area contributed by atoms with Crippen molar-refractivity contribution in [3.8, 4) is 5.75 Å². The fraction of sp³-hybridized carbons (Fsp3) is 0.176. The van der Waals surface area contributed by atoms with Crippen LogP contribution in [0.1, 0.15) is 22.0 Å². The first-order valence-corrected chi connectivity index (χ1v) is 7.72. The van der Waals surface area contributed by atoms with Crippen LogP contribution in [0.5, 0.6) is 5.75 Å². The monoisotopic (exact) mass is 345 g/mol. The van der Waals surface area contributed by atoms with E-state index >= 15 is 0 Å². The summed E-state index contributed by atoms with van der Waals surface area (Å²) in [6.07, 6.45) is 0. The van der Waals surface area contributed by atoms with E-state index in [0.29, 0.717) is 16.3 Å². The van der Waals surface area contributed by atoms with Gasteiger partial charge in [0.15, 0.2) is 0 Å². The topological polar surface area (TPSA) is 79.5 Å². The van der Waals surface area contributed by atoms with Crippen LogP contribution in [0.25, 0.3) is 0 Å². The Bertz CT molecular complexity index is 747. The maximum Gasteiger partial charge on any atom is 0.258 e. The maximum absolute atomic E-state index is 12.4. The quantitative estimate of drug-likeness (QED) is 0.789. The molecule has 0 aliphatic carbocycles. The number of hydrogen-bond acceptors (Lipinski definition) is 4. The lowest BCUT2D eigenvalue weighted by molar-refractivity contribution is -0.121. The van der Waals surface area contributed by atoms with Crippen molar-refractivity contribution in [3.05, 3.63) is 64.7 Å². The van der Waals surface area contributed by atoms with Gasteiger partial charge in [0, 0.05) is 10.6 Å². The molecule has 0 spiro atoms. The number of hydrazine groups is 1. The largest absolute Gasteiger partial charge is 0.497 e. The van der Waals surface area contributed by atoms with Gasteiger partial charge in [0.1, 0.15) is 11.8 Å². The molecule has 1 fully saturated rings. The summed E-state index contributed by atoms with van der Waals surface area (Å²) in [6.45, 7) is 0. The molecule has 2 amide bonds. The number of rotatable bonds is 4. The van der Waals surface area contributed by atoms with Gasteiger partial charge in [-0.25, -0.2) is 5.43 Å². The zero-order valence-electron chi connectivity index (χ0n) is 12.9. The van der Waals surface area contributed by atoms with Gasteiger partial charge in [-0.05, 0) is 42.0 Å². The smallest absolute Gasteiger partial charge is 0.258 e. The molecular formula is C17H16ClN3O3. The Kier molecular flexibility index (Phi) is 4.69. The van der Waals surface area contributed by atoms with E-state index in [-0.39, 0.29) is 17.9 Å². The average Bonchev–Trinajstić information content (AvgIpc) is 2.96. The molecular weight excluding hydrogens is 330 g/mol. The second-order valence-corrected chi connectivity index (χ2v) is 5.78. The molecule has 7 heteroatoms. The van der Waals surface area contributed by atoms with Gasteiger partial charge in [0.25, 0.3) is 11.8 Å². The minimum Gasteiger partial charge on any atom is -0.497 e. The average molecular weight is 346 g/mol. The number of ether oxygens (including phenoxy) is 1. The Labute approximate surface area is 144 Å². The number of hydrogen-bond donors (Lipinski definition) is 3. The van der Waals surface area contributed by atoms with Crippen molar-refractivity contribution in [3.63, 3.8) is 0 Å². The van der Waals surface area contributed by atoms with E-state index in [0.717, 1.165) is 5.56 Å². The highest BCUT2D eigenvalue weighted by atomic mass is 35.5. The van der Waals surface area contributed by atoms with E-state index in [1.807, 2.05) is 12.1 Å². The van der Waals surface area contributed by atoms with Crippen molar-refractivity contribution in [1.29, 1.82) is 0 Å². The summed E-state index contributed by atoms with van der Waals surface area (Å²) in [6, 6.07) is 12.7. The molecule has 2 unspecified atom stereocenters. The van der Waals surface area contributed by atoms with Crippen LogP contribution in [-0.2, 0) is 4.79 Å². The lowest BCUT2D eigenvalue weighted by atomic mass is 10.0. The van der Waals surface area contributed by atoms with Crippen molar-refractivity contribution in [2.75, 3.05) is 7.11 Å². The van der Waals surface area contributed by atoms with E-state index < -0.39 is 6.04 Å². The third-order valence-electron chi connectivity index (χ3n) is 3.83. The number of methoxy groups -OCH3 is 1. The summed E-state index contributed by atoms with van der Waals surface area (Å²) in [4.78, 5) is 24.5. The fourth-order valence-corrected chi connectivity index (χ4v) is 2.65. The summed E-state index contributed by atoms with van der Waals surface area (Å²) in [5.41, 5.74) is 6.74. The van der Waals surface area contributed by atoms with Crippen LogP contribution in [0.15, 0.2) is 48.5 Å². The molecule has 2 aromatic rings. The molecule has 124 valence electrons. The second kappa shape index (κ2) is 6.90. The third kappa shape index (κ3) is 3.34. The minimum atomic E-state index is -0.722. The molecule has 0 radical (unpaired) electrons. The van der Waals surface area contributed by atoms with E-state index in [4.69, 9.17) is 16.3 Å². The lowest BCUT2D eigenvalue weighted by Crippen LogP contribution is -2.42. The third-order valence-corrected chi connectivity index (χ3v) is 4.09. The van der Waals surface area contributed by atoms with E-state index in [1.165, 1.54) is 0 Å². The summed E-state index contributed by atoms with van der Waals surface area (Å²) < 4.78 is 5.07. The molecule has 2 atom stereocenters. The van der Waals surface area contributed by atoms with Crippen molar-refractivity contribution in [2.45, 2.75) is 12.1 Å². The molecule has 3 rings (SSSR count). The molecule has 1 aliphatic heterocycles. The molecule has 24 heavy (non-hydrogen) atoms. The van der Waals surface area contributed by atoms with Gasteiger partial charge in [-0.15, -0.1) is 0 Å². The second-order valence-electron chi connectivity index (χ2n) is 5.34. The highest BCUT2D eigenvalue weighted by Crippen LogP contribution is 2.22. The van der Waals surface area contributed by atoms with Crippen LogP contribution in [0.4, 0.5) is 0 Å². The minimum absolute atomic E-state index is 0.295. The summed E-state index contributed by atoms with van der Waals surface area (Å²) >= 11 is 5.89. The zero-order chi connectivity index (χ0) is 17.1. The van der Waals surface area contributed by atoms with E-state index in [9.17, 15) is 9.59 Å². The number of carbonyl (C=O) groups excluding carboxylic acids is 2. The van der Waals surface area contributed by atoms with Gasteiger partial charge in [0.2, 0.25) is 0 Å². The summed E-state index contributed by atoms with van der Waals surface area (Å²) in [5, 5.41) is 3.36. The van der Waals surface area contributed by atoms with E-state index in [1.54, 1.807) is 43.5 Å². The molecule has 6 nitrogen and oxygen atoms in total. The Hall–Kier alpha value is -2.57. The number of benzene rings is 2. The van der Waals surface area contributed by atoms with Crippen molar-refractivity contribution in [1.82, 2.24) is 16.2 Å². The summed E-state index contributed by atoms with van der Waals surface area (Å²) in [5.74, 6) is 0.0307. The SMILES string of the molecule is COc1ccc(C(=O)NC2C(=O)NNC2c2ccc(Cl)cc2)cc1. The van der Waals surface area contributed by atoms with Gasteiger partial charge in [-0.3, -0.25) is 15.0 Å². The standard InChI is InChI=1S/C17H16ClN3O3/c1-24-13-8-4-11(5-9-13)16(22)19-15-14(20-21-17(15)23)10-2-6-12(18)7-3-10/h2-9,14-15,20H,1H3,(H,19,22)(H,21,23). The Morgan fingerprint density at radius 2 is 1.79 bits per heavy atom. The Morgan fingerprint density at radius 3 is 2.42 bits per heavy atom. The molecule has 0 saturated carbocycles. The first-order valence-electron chi connectivity index (χ1n) is 7.34. The molecule has 2 aromatic carbocycles. The van der Waals surface area contributed by atoms with Gasteiger partial charge in [-0.2, -0.15) is 0 Å². The highest BCUT2D eigenvalue weighted by molar-refractivity contribution is 6.30. The summed E-state index contributed by atoms with van der Waals surface area (Å²) in [7, 11) is 1.56. The zero-order valence-corrected chi connectivity index (χ0v) is 13.6. The molecule has 1 aliphatic rings. The van der Waals surface area contributed by atoms with Crippen molar-refractivity contribution >= 4 is 23.4 Å². The normalized spacial score (nSPS) is 19.7. The van der Waals surface area contributed by atoms with Gasteiger partial charge in [0.05, 0.1) is 13.2 Å². The number of nitrogens with one attached hydrogen (secondary N) is 3. The van der Waals surface area contributed by atoms with Crippen LogP contribution >= 0.6 is 11.6 Å². The highest BCUT2D eigenvalue weighted by Gasteiger charge is 2.36. The lowest BCUT2D eigenvalue weighted by Gasteiger charge is -2.18. The van der Waals surface area contributed by atoms with Crippen LogP contribution in [0.3, 0.4) is 0 Å². The van der Waals surface area contributed by atoms with Gasteiger partial charge >= 0.3 is 0 Å². The van der Waals surface area contributed by atoms with Gasteiger partial charge in [-0.1, -0.05) is 23.7 Å². The number of halogens is 1. The number of carbonyl (C=O) groups is 2. The van der Waals surface area contributed by atoms with Gasteiger partial charge < -0.3 is 10.1 Å². The number of amides is 2. The first kappa shape index (κ1) is 16.3. The van der Waals surface area contributed by atoms with Crippen molar-refractivity contribution < 1.29 is 14.3 Å². The maximum atomic E-state index is 12.4. The Morgan fingerprint density at radius 1 is 1.12 bits per heavy atom. The van der Waals surface area contributed by atoms with Crippen LogP contribution in [0, 0.1) is 0 Å². The molecule has 1 saturated heterocycles. The van der Waals surface area contributed by atoms with Crippen LogP contribution in [0.2, 0.25) is 5.02 Å².